The number of carbonyl (C=O) groups is 2. The molecule has 0 bridgehead atoms. The number of carboxylic acids is 1. The predicted molar refractivity (Wildman–Crippen MR) is 57.3 cm³/mol. The fraction of sp³-hybridized carbons (Fsp3) is 0.200. The van der Waals surface area contributed by atoms with Gasteiger partial charge in [-0.05, 0) is 25.1 Å². The molecule has 16 heavy (non-hydrogen) atoms. The quantitative estimate of drug-likeness (QED) is 0.802. The van der Waals surface area contributed by atoms with Crippen LogP contribution in [0.25, 0.3) is 0 Å². The fourth-order valence-corrected chi connectivity index (χ4v) is 1.06. The Balaban J connectivity index is 2.95. The fourth-order valence-electron chi connectivity index (χ4n) is 1.01. The Morgan fingerprint density at radius 2 is 2.12 bits per heavy atom. The number of anilines is 1. The third-order valence-corrected chi connectivity index (χ3v) is 2.02. The molecule has 4 nitrogen and oxygen atoms in total. The third-order valence-electron chi connectivity index (χ3n) is 1.83. The standard InChI is InChI=1S/C10H9ClFNO3/c1-5(11)9(14)13-6-2-3-8(12)7(4-6)10(15)16/h2-5H,1H3,(H,13,14)(H,15,16). The van der Waals surface area contributed by atoms with E-state index in [-0.39, 0.29) is 5.69 Å². The first-order valence-corrected chi connectivity index (χ1v) is 4.83. The van der Waals surface area contributed by atoms with Crippen LogP contribution >= 0.6 is 11.6 Å². The Kier molecular flexibility index (Phi) is 3.84. The second kappa shape index (κ2) is 4.94. The lowest BCUT2D eigenvalue weighted by molar-refractivity contribution is -0.115. The summed E-state index contributed by atoms with van der Waals surface area (Å²) in [5, 5.41) is 10.3. The van der Waals surface area contributed by atoms with Crippen LogP contribution in [0.4, 0.5) is 10.1 Å². The van der Waals surface area contributed by atoms with Gasteiger partial charge in [0.05, 0.1) is 5.56 Å². The Bertz CT molecular complexity index is 434. The van der Waals surface area contributed by atoms with E-state index in [0.717, 1.165) is 12.1 Å². The van der Waals surface area contributed by atoms with Crippen molar-refractivity contribution in [3.05, 3.63) is 29.6 Å². The van der Waals surface area contributed by atoms with Crippen LogP contribution in [0.3, 0.4) is 0 Å². The van der Waals surface area contributed by atoms with Crippen molar-refractivity contribution in [1.82, 2.24) is 0 Å². The van der Waals surface area contributed by atoms with Crippen LogP contribution in [0.15, 0.2) is 18.2 Å². The van der Waals surface area contributed by atoms with E-state index in [1.807, 2.05) is 0 Å². The lowest BCUT2D eigenvalue weighted by Gasteiger charge is -2.07. The molecule has 1 atom stereocenters. The van der Waals surface area contributed by atoms with Gasteiger partial charge < -0.3 is 10.4 Å². The molecule has 1 amide bonds. The summed E-state index contributed by atoms with van der Waals surface area (Å²) in [5.41, 5.74) is -0.309. The average molecular weight is 246 g/mol. The van der Waals surface area contributed by atoms with Gasteiger partial charge in [0.15, 0.2) is 0 Å². The van der Waals surface area contributed by atoms with Gasteiger partial charge in [0.2, 0.25) is 5.91 Å². The van der Waals surface area contributed by atoms with E-state index in [2.05, 4.69) is 5.32 Å². The predicted octanol–water partition coefficient (Wildman–Crippen LogP) is 2.09. The van der Waals surface area contributed by atoms with Gasteiger partial charge in [0.25, 0.3) is 0 Å². The number of aromatic carboxylic acids is 1. The van der Waals surface area contributed by atoms with Crippen molar-refractivity contribution < 1.29 is 19.1 Å². The molecule has 0 spiro atoms. The van der Waals surface area contributed by atoms with E-state index in [1.54, 1.807) is 0 Å². The number of carbonyl (C=O) groups excluding carboxylic acids is 1. The normalized spacial score (nSPS) is 11.9. The SMILES string of the molecule is CC(Cl)C(=O)Nc1ccc(F)c(C(=O)O)c1. The van der Waals surface area contributed by atoms with Crippen LogP contribution in [0.5, 0.6) is 0 Å². The van der Waals surface area contributed by atoms with Gasteiger partial charge in [-0.3, -0.25) is 4.79 Å². The van der Waals surface area contributed by atoms with E-state index in [4.69, 9.17) is 16.7 Å². The molecule has 1 unspecified atom stereocenters. The van der Waals surface area contributed by atoms with Crippen molar-refractivity contribution in [2.45, 2.75) is 12.3 Å². The van der Waals surface area contributed by atoms with Gasteiger partial charge in [0, 0.05) is 5.69 Å². The summed E-state index contributed by atoms with van der Waals surface area (Å²) in [7, 11) is 0. The van der Waals surface area contributed by atoms with Crippen molar-refractivity contribution in [3.63, 3.8) is 0 Å². The van der Waals surface area contributed by atoms with E-state index >= 15 is 0 Å². The van der Waals surface area contributed by atoms with Gasteiger partial charge in [-0.25, -0.2) is 9.18 Å². The van der Waals surface area contributed by atoms with E-state index in [0.29, 0.717) is 0 Å². The molecule has 6 heteroatoms. The van der Waals surface area contributed by atoms with Gasteiger partial charge in [0.1, 0.15) is 11.2 Å². The molecule has 0 saturated carbocycles. The van der Waals surface area contributed by atoms with Gasteiger partial charge in [-0.1, -0.05) is 0 Å². The van der Waals surface area contributed by atoms with Gasteiger partial charge in [-0.2, -0.15) is 0 Å². The van der Waals surface area contributed by atoms with Crippen molar-refractivity contribution >= 4 is 29.2 Å². The molecular formula is C10H9ClFNO3. The number of benzene rings is 1. The van der Waals surface area contributed by atoms with Crippen molar-refractivity contribution in [3.8, 4) is 0 Å². The number of hydrogen-bond acceptors (Lipinski definition) is 2. The van der Waals surface area contributed by atoms with Crippen LogP contribution in [0.1, 0.15) is 17.3 Å². The minimum atomic E-state index is -1.40. The first-order chi connectivity index (χ1) is 7.41. The molecule has 1 rings (SSSR count). The Labute approximate surface area is 96.0 Å². The average Bonchev–Trinajstić information content (AvgIpc) is 2.20. The highest BCUT2D eigenvalue weighted by Crippen LogP contribution is 2.15. The first-order valence-electron chi connectivity index (χ1n) is 4.39. The van der Waals surface area contributed by atoms with Crippen molar-refractivity contribution in [2.24, 2.45) is 0 Å². The van der Waals surface area contributed by atoms with Crippen LogP contribution in [0, 0.1) is 5.82 Å². The zero-order chi connectivity index (χ0) is 12.3. The maximum absolute atomic E-state index is 13.0. The summed E-state index contributed by atoms with van der Waals surface area (Å²) in [6.07, 6.45) is 0. The van der Waals surface area contributed by atoms with Crippen LogP contribution < -0.4 is 5.32 Å². The Hall–Kier alpha value is -1.62. The smallest absolute Gasteiger partial charge is 0.338 e. The van der Waals surface area contributed by atoms with E-state index in [9.17, 15) is 14.0 Å². The van der Waals surface area contributed by atoms with E-state index < -0.39 is 28.6 Å². The number of nitrogens with one attached hydrogen (secondary N) is 1. The molecule has 0 fully saturated rings. The Morgan fingerprint density at radius 1 is 1.50 bits per heavy atom. The molecule has 2 N–H and O–H groups in total. The van der Waals surface area contributed by atoms with Crippen molar-refractivity contribution in [2.75, 3.05) is 5.32 Å². The molecule has 0 heterocycles. The summed E-state index contributed by atoms with van der Waals surface area (Å²) >= 11 is 5.51. The summed E-state index contributed by atoms with van der Waals surface area (Å²) < 4.78 is 13.0. The Morgan fingerprint density at radius 3 is 2.62 bits per heavy atom. The topological polar surface area (TPSA) is 66.4 Å². The summed E-state index contributed by atoms with van der Waals surface area (Å²) in [4.78, 5) is 21.8. The summed E-state index contributed by atoms with van der Waals surface area (Å²) in [6, 6.07) is 3.27. The molecule has 1 aromatic rings. The molecule has 86 valence electrons. The van der Waals surface area contributed by atoms with Gasteiger partial charge >= 0.3 is 5.97 Å². The summed E-state index contributed by atoms with van der Waals surface area (Å²) in [5.74, 6) is -2.73. The lowest BCUT2D eigenvalue weighted by atomic mass is 10.2. The van der Waals surface area contributed by atoms with E-state index in [1.165, 1.54) is 13.0 Å². The number of hydrogen-bond donors (Lipinski definition) is 2. The molecule has 0 radical (unpaired) electrons. The number of rotatable bonds is 3. The highest BCUT2D eigenvalue weighted by Gasteiger charge is 2.13. The number of carboxylic acid groups (broad SMARTS) is 1. The molecule has 0 aliphatic carbocycles. The number of amides is 1. The molecule has 0 aliphatic heterocycles. The maximum atomic E-state index is 13.0. The highest BCUT2D eigenvalue weighted by atomic mass is 35.5. The van der Waals surface area contributed by atoms with Gasteiger partial charge in [-0.15, -0.1) is 11.6 Å². The molecule has 0 aromatic heterocycles. The maximum Gasteiger partial charge on any atom is 0.338 e. The molecule has 0 saturated heterocycles. The largest absolute Gasteiger partial charge is 0.478 e. The lowest BCUT2D eigenvalue weighted by Crippen LogP contribution is -2.20. The van der Waals surface area contributed by atoms with Crippen LogP contribution in [0.2, 0.25) is 0 Å². The van der Waals surface area contributed by atoms with Crippen LogP contribution in [-0.2, 0) is 4.79 Å². The second-order valence-electron chi connectivity index (χ2n) is 3.11. The van der Waals surface area contributed by atoms with Crippen LogP contribution in [-0.4, -0.2) is 22.4 Å². The highest BCUT2D eigenvalue weighted by molar-refractivity contribution is 6.32. The first kappa shape index (κ1) is 12.4. The third kappa shape index (κ3) is 2.93. The minimum absolute atomic E-state index is 0.191. The number of halogens is 2. The molecule has 0 aliphatic rings. The van der Waals surface area contributed by atoms with Crippen molar-refractivity contribution in [1.29, 1.82) is 0 Å². The second-order valence-corrected chi connectivity index (χ2v) is 3.76. The zero-order valence-electron chi connectivity index (χ0n) is 8.33. The molecule has 1 aromatic carbocycles. The number of alkyl halides is 1. The zero-order valence-corrected chi connectivity index (χ0v) is 9.08. The minimum Gasteiger partial charge on any atom is -0.478 e. The summed E-state index contributed by atoms with van der Waals surface area (Å²) in [6.45, 7) is 1.47. The molecular weight excluding hydrogens is 237 g/mol. The monoisotopic (exact) mass is 245 g/mol.